The molecular formula is C16H20FN3O2S2. The van der Waals surface area contributed by atoms with Gasteiger partial charge in [-0.25, -0.2) is 9.37 Å². The number of hydrogen-bond donors (Lipinski definition) is 1. The van der Waals surface area contributed by atoms with Crippen LogP contribution in [-0.2, 0) is 9.53 Å². The molecule has 5 nitrogen and oxygen atoms in total. The summed E-state index contributed by atoms with van der Waals surface area (Å²) in [5, 5.41) is 3.35. The van der Waals surface area contributed by atoms with Crippen molar-refractivity contribution in [2.75, 3.05) is 43.6 Å². The second-order valence-corrected chi connectivity index (χ2v) is 7.84. The number of carbonyl (C=O) groups excluding carboxylic acids is 1. The molecule has 8 heteroatoms. The molecule has 1 aromatic carbocycles. The van der Waals surface area contributed by atoms with Crippen LogP contribution in [0, 0.1) is 5.82 Å². The summed E-state index contributed by atoms with van der Waals surface area (Å²) < 4.78 is 19.1. The molecule has 24 heavy (non-hydrogen) atoms. The Bertz CT molecular complexity index is 704. The molecule has 1 aliphatic heterocycles. The second kappa shape index (κ2) is 8.24. The molecule has 1 saturated heterocycles. The van der Waals surface area contributed by atoms with Crippen molar-refractivity contribution in [2.45, 2.75) is 12.5 Å². The molecule has 1 amide bonds. The normalized spacial score (nSPS) is 17.7. The molecule has 1 N–H and O–H groups in total. The average Bonchev–Trinajstić information content (AvgIpc) is 3.20. The van der Waals surface area contributed by atoms with Crippen molar-refractivity contribution in [2.24, 2.45) is 0 Å². The van der Waals surface area contributed by atoms with Gasteiger partial charge in [0.25, 0.3) is 0 Å². The fraction of sp³-hybridized carbons (Fsp3) is 0.500. The van der Waals surface area contributed by atoms with E-state index < -0.39 is 0 Å². The van der Waals surface area contributed by atoms with E-state index in [4.69, 9.17) is 4.74 Å². The minimum atomic E-state index is -0.298. The first kappa shape index (κ1) is 17.6. The Kier molecular flexibility index (Phi) is 6.04. The molecule has 1 aliphatic rings. The maximum Gasteiger partial charge on any atom is 0.240 e. The first-order chi connectivity index (χ1) is 11.7. The number of carbonyl (C=O) groups is 1. The van der Waals surface area contributed by atoms with Crippen molar-refractivity contribution < 1.29 is 13.9 Å². The zero-order valence-corrected chi connectivity index (χ0v) is 15.1. The summed E-state index contributed by atoms with van der Waals surface area (Å²) in [4.78, 5) is 18.9. The van der Waals surface area contributed by atoms with Gasteiger partial charge < -0.3 is 10.1 Å². The van der Waals surface area contributed by atoms with Gasteiger partial charge in [0, 0.05) is 25.4 Å². The molecule has 1 atom stereocenters. The number of halogens is 1. The molecule has 3 rings (SSSR count). The molecule has 2 aromatic rings. The maximum atomic E-state index is 13.2. The smallest absolute Gasteiger partial charge is 0.240 e. The molecule has 0 unspecified atom stereocenters. The van der Waals surface area contributed by atoms with Gasteiger partial charge >= 0.3 is 0 Å². The fourth-order valence-electron chi connectivity index (χ4n) is 2.70. The van der Waals surface area contributed by atoms with Crippen molar-refractivity contribution in [1.29, 1.82) is 0 Å². The standard InChI is InChI=1S/C16H20FN3O2S2/c1-22-6-5-20(12-4-7-23-10-12)9-15(21)19-16-18-13-3-2-11(17)8-14(13)24-16/h2-3,8,12H,4-7,9-10H2,1H3,(H,18,19,21)/t12-/m1/s1. The van der Waals surface area contributed by atoms with Gasteiger partial charge in [0.15, 0.2) is 5.13 Å². The quantitative estimate of drug-likeness (QED) is 0.813. The predicted octanol–water partition coefficient (Wildman–Crippen LogP) is 2.83. The Morgan fingerprint density at radius 2 is 2.42 bits per heavy atom. The van der Waals surface area contributed by atoms with E-state index in [1.807, 2.05) is 11.8 Å². The van der Waals surface area contributed by atoms with Gasteiger partial charge in [0.1, 0.15) is 5.82 Å². The summed E-state index contributed by atoms with van der Waals surface area (Å²) in [6.07, 6.45) is 1.10. The number of thioether (sulfide) groups is 1. The highest BCUT2D eigenvalue weighted by atomic mass is 32.2. The summed E-state index contributed by atoms with van der Waals surface area (Å²) in [6.45, 7) is 1.66. The zero-order valence-electron chi connectivity index (χ0n) is 13.5. The summed E-state index contributed by atoms with van der Waals surface area (Å²) >= 11 is 3.21. The molecule has 1 fully saturated rings. The van der Waals surface area contributed by atoms with E-state index in [9.17, 15) is 9.18 Å². The lowest BCUT2D eigenvalue weighted by Gasteiger charge is -2.27. The van der Waals surface area contributed by atoms with Crippen LogP contribution < -0.4 is 5.32 Å². The largest absolute Gasteiger partial charge is 0.383 e. The molecule has 0 bridgehead atoms. The van der Waals surface area contributed by atoms with Crippen molar-refractivity contribution >= 4 is 44.4 Å². The number of rotatable bonds is 7. The van der Waals surface area contributed by atoms with Crippen LogP contribution in [0.15, 0.2) is 18.2 Å². The lowest BCUT2D eigenvalue weighted by Crippen LogP contribution is -2.42. The molecular weight excluding hydrogens is 349 g/mol. The number of amides is 1. The number of methoxy groups -OCH3 is 1. The Labute approximate surface area is 148 Å². The molecule has 130 valence electrons. The summed E-state index contributed by atoms with van der Waals surface area (Å²) in [5.74, 6) is 1.80. The molecule has 0 saturated carbocycles. The van der Waals surface area contributed by atoms with Crippen molar-refractivity contribution in [3.8, 4) is 0 Å². The Hall–Kier alpha value is -1.22. The second-order valence-electron chi connectivity index (χ2n) is 5.66. The Morgan fingerprint density at radius 1 is 1.54 bits per heavy atom. The van der Waals surface area contributed by atoms with Crippen molar-refractivity contribution in [1.82, 2.24) is 9.88 Å². The highest BCUT2D eigenvalue weighted by Crippen LogP contribution is 2.27. The number of hydrogen-bond acceptors (Lipinski definition) is 6. The van der Waals surface area contributed by atoms with Crippen LogP contribution in [0.2, 0.25) is 0 Å². The van der Waals surface area contributed by atoms with E-state index >= 15 is 0 Å². The monoisotopic (exact) mass is 369 g/mol. The number of nitrogens with zero attached hydrogens (tertiary/aromatic N) is 2. The van der Waals surface area contributed by atoms with Crippen LogP contribution in [0.1, 0.15) is 6.42 Å². The van der Waals surface area contributed by atoms with E-state index in [0.29, 0.717) is 29.8 Å². The van der Waals surface area contributed by atoms with Gasteiger partial charge in [0.05, 0.1) is 23.4 Å². The van der Waals surface area contributed by atoms with Crippen molar-refractivity contribution in [3.05, 3.63) is 24.0 Å². The number of fused-ring (bicyclic) bond motifs is 1. The van der Waals surface area contributed by atoms with E-state index in [2.05, 4.69) is 15.2 Å². The van der Waals surface area contributed by atoms with Crippen LogP contribution in [0.4, 0.5) is 9.52 Å². The Morgan fingerprint density at radius 3 is 3.17 bits per heavy atom. The van der Waals surface area contributed by atoms with Crippen LogP contribution in [0.5, 0.6) is 0 Å². The molecule has 1 aromatic heterocycles. The van der Waals surface area contributed by atoms with E-state index in [1.54, 1.807) is 13.2 Å². The molecule has 0 radical (unpaired) electrons. The van der Waals surface area contributed by atoms with Gasteiger partial charge in [-0.2, -0.15) is 11.8 Å². The van der Waals surface area contributed by atoms with Gasteiger partial charge in [-0.3, -0.25) is 9.69 Å². The lowest BCUT2D eigenvalue weighted by molar-refractivity contribution is -0.117. The Balaban J connectivity index is 1.63. The average molecular weight is 369 g/mol. The predicted molar refractivity (Wildman–Crippen MR) is 97.4 cm³/mol. The number of nitrogens with one attached hydrogen (secondary N) is 1. The number of ether oxygens (including phenoxy) is 1. The molecule has 2 heterocycles. The lowest BCUT2D eigenvalue weighted by atomic mass is 10.2. The van der Waals surface area contributed by atoms with Crippen LogP contribution in [0.25, 0.3) is 10.2 Å². The summed E-state index contributed by atoms with van der Waals surface area (Å²) in [6, 6.07) is 4.85. The topological polar surface area (TPSA) is 54.5 Å². The SMILES string of the molecule is COCCN(CC(=O)Nc1nc2ccc(F)cc2s1)[C@@H]1CCSC1. The first-order valence-electron chi connectivity index (χ1n) is 7.82. The number of benzene rings is 1. The summed E-state index contributed by atoms with van der Waals surface area (Å²) in [5.41, 5.74) is 0.695. The van der Waals surface area contributed by atoms with E-state index in [0.717, 1.165) is 29.2 Å². The number of thiazole rings is 1. The highest BCUT2D eigenvalue weighted by Gasteiger charge is 2.24. The van der Waals surface area contributed by atoms with Crippen LogP contribution >= 0.6 is 23.1 Å². The van der Waals surface area contributed by atoms with Crippen LogP contribution in [0.3, 0.4) is 0 Å². The number of aromatic nitrogens is 1. The van der Waals surface area contributed by atoms with E-state index in [-0.39, 0.29) is 11.7 Å². The zero-order chi connectivity index (χ0) is 16.9. The van der Waals surface area contributed by atoms with Gasteiger partial charge in [0.2, 0.25) is 5.91 Å². The first-order valence-corrected chi connectivity index (χ1v) is 9.79. The maximum absolute atomic E-state index is 13.2. The van der Waals surface area contributed by atoms with E-state index in [1.165, 1.54) is 23.5 Å². The van der Waals surface area contributed by atoms with Crippen LogP contribution in [-0.4, -0.2) is 60.1 Å². The third kappa shape index (κ3) is 4.44. The minimum Gasteiger partial charge on any atom is -0.383 e. The fourth-order valence-corrected chi connectivity index (χ4v) is 4.87. The van der Waals surface area contributed by atoms with Gasteiger partial charge in [-0.1, -0.05) is 11.3 Å². The highest BCUT2D eigenvalue weighted by molar-refractivity contribution is 7.99. The molecule has 0 aliphatic carbocycles. The minimum absolute atomic E-state index is 0.0949. The molecule has 0 spiro atoms. The van der Waals surface area contributed by atoms with Crippen molar-refractivity contribution in [3.63, 3.8) is 0 Å². The van der Waals surface area contributed by atoms with Gasteiger partial charge in [-0.05, 0) is 30.4 Å². The summed E-state index contributed by atoms with van der Waals surface area (Å²) in [7, 11) is 1.67. The van der Waals surface area contributed by atoms with Gasteiger partial charge in [-0.15, -0.1) is 0 Å². The third-order valence-electron chi connectivity index (χ3n) is 3.95. The third-order valence-corrected chi connectivity index (χ3v) is 6.03. The number of anilines is 1.